The van der Waals surface area contributed by atoms with Crippen molar-refractivity contribution in [3.05, 3.63) is 75.1 Å². The van der Waals surface area contributed by atoms with E-state index < -0.39 is 10.9 Å². The van der Waals surface area contributed by atoms with Crippen molar-refractivity contribution >= 4 is 23.3 Å². The summed E-state index contributed by atoms with van der Waals surface area (Å²) in [6.45, 7) is 0.0476. The Hall–Kier alpha value is -3.39. The molecule has 1 aromatic heterocycles. The largest absolute Gasteiger partial charge is 0.497 e. The molecule has 0 radical (unpaired) electrons. The van der Waals surface area contributed by atoms with Gasteiger partial charge in [0.1, 0.15) is 11.6 Å². The molecule has 0 aliphatic rings. The minimum Gasteiger partial charge on any atom is -0.497 e. The molecule has 2 aromatic carbocycles. The molecule has 0 aliphatic heterocycles. The smallest absolute Gasteiger partial charge is 0.309 e. The number of ether oxygens (including phenoxy) is 1. The SMILES string of the molecule is COc1cccc(-c2nc(Cl)c(CC(=O)O)n2Cc2ccccc2[N+](=O)[O-])c1. The number of imidazole rings is 1. The van der Waals surface area contributed by atoms with E-state index in [2.05, 4.69) is 4.98 Å². The minimum atomic E-state index is -1.08. The monoisotopic (exact) mass is 401 g/mol. The Morgan fingerprint density at radius 1 is 1.29 bits per heavy atom. The van der Waals surface area contributed by atoms with Crippen LogP contribution in [-0.4, -0.2) is 32.7 Å². The summed E-state index contributed by atoms with van der Waals surface area (Å²) < 4.78 is 6.82. The Labute approximate surface area is 165 Å². The predicted molar refractivity (Wildman–Crippen MR) is 103 cm³/mol. The number of carbonyl (C=O) groups is 1. The number of carboxylic acids is 1. The van der Waals surface area contributed by atoms with Crippen LogP contribution in [0.15, 0.2) is 48.5 Å². The van der Waals surface area contributed by atoms with E-state index in [9.17, 15) is 20.0 Å². The summed E-state index contributed by atoms with van der Waals surface area (Å²) >= 11 is 6.23. The van der Waals surface area contributed by atoms with Crippen molar-refractivity contribution in [2.24, 2.45) is 0 Å². The van der Waals surface area contributed by atoms with Crippen LogP contribution in [0.4, 0.5) is 5.69 Å². The highest BCUT2D eigenvalue weighted by Crippen LogP contribution is 2.30. The van der Waals surface area contributed by atoms with Crippen LogP contribution in [0.2, 0.25) is 5.15 Å². The zero-order chi connectivity index (χ0) is 20.3. The molecule has 1 heterocycles. The van der Waals surface area contributed by atoms with Crippen LogP contribution >= 0.6 is 11.6 Å². The third-order valence-electron chi connectivity index (χ3n) is 4.19. The summed E-state index contributed by atoms with van der Waals surface area (Å²) in [6, 6.07) is 13.3. The maximum Gasteiger partial charge on any atom is 0.309 e. The second kappa shape index (κ2) is 8.10. The summed E-state index contributed by atoms with van der Waals surface area (Å²) in [5, 5.41) is 20.7. The van der Waals surface area contributed by atoms with E-state index in [4.69, 9.17) is 16.3 Å². The van der Waals surface area contributed by atoms with Gasteiger partial charge in [-0.25, -0.2) is 4.98 Å². The van der Waals surface area contributed by atoms with Crippen molar-refractivity contribution in [1.82, 2.24) is 9.55 Å². The maximum atomic E-state index is 11.4. The zero-order valence-corrected chi connectivity index (χ0v) is 15.6. The molecular weight excluding hydrogens is 386 g/mol. The predicted octanol–water partition coefficient (Wildman–Crippen LogP) is 3.80. The number of aromatic nitrogens is 2. The lowest BCUT2D eigenvalue weighted by Gasteiger charge is -2.12. The number of rotatable bonds is 7. The highest BCUT2D eigenvalue weighted by atomic mass is 35.5. The van der Waals surface area contributed by atoms with Crippen LogP contribution in [0.25, 0.3) is 11.4 Å². The summed E-state index contributed by atoms with van der Waals surface area (Å²) in [7, 11) is 1.53. The topological polar surface area (TPSA) is 107 Å². The Bertz CT molecular complexity index is 1050. The molecule has 28 heavy (non-hydrogen) atoms. The zero-order valence-electron chi connectivity index (χ0n) is 14.8. The van der Waals surface area contributed by atoms with Gasteiger partial charge in [-0.15, -0.1) is 0 Å². The Morgan fingerprint density at radius 2 is 2.04 bits per heavy atom. The Kier molecular flexibility index (Phi) is 5.60. The molecule has 0 amide bonds. The Morgan fingerprint density at radius 3 is 2.71 bits per heavy atom. The fourth-order valence-electron chi connectivity index (χ4n) is 2.91. The molecule has 1 N–H and O–H groups in total. The van der Waals surface area contributed by atoms with Crippen LogP contribution in [-0.2, 0) is 17.8 Å². The highest BCUT2D eigenvalue weighted by molar-refractivity contribution is 6.30. The fraction of sp³-hybridized carbons (Fsp3) is 0.158. The van der Waals surface area contributed by atoms with Gasteiger partial charge in [0, 0.05) is 17.2 Å². The van der Waals surface area contributed by atoms with Crippen LogP contribution in [0.5, 0.6) is 5.75 Å². The number of nitro groups is 1. The molecular formula is C19H16ClN3O5. The van der Waals surface area contributed by atoms with Crippen molar-refractivity contribution in [2.75, 3.05) is 7.11 Å². The number of para-hydroxylation sites is 1. The minimum absolute atomic E-state index is 0.0406. The van der Waals surface area contributed by atoms with Gasteiger partial charge >= 0.3 is 5.97 Å². The number of methoxy groups -OCH3 is 1. The summed E-state index contributed by atoms with van der Waals surface area (Å²) in [6.07, 6.45) is -0.365. The molecule has 0 aliphatic carbocycles. The molecule has 3 aromatic rings. The van der Waals surface area contributed by atoms with E-state index in [-0.39, 0.29) is 29.5 Å². The standard InChI is InChI=1S/C19H16ClN3O5/c1-28-14-7-4-6-12(9-14)19-21-18(20)16(10-17(24)25)22(19)11-13-5-2-3-8-15(13)23(26)27/h2-9H,10-11H2,1H3,(H,24,25). The number of carboxylic acid groups (broad SMARTS) is 1. The number of halogens is 1. The average molecular weight is 402 g/mol. The van der Waals surface area contributed by atoms with Crippen molar-refractivity contribution in [2.45, 2.75) is 13.0 Å². The third kappa shape index (κ3) is 3.96. The molecule has 0 unspecified atom stereocenters. The lowest BCUT2D eigenvalue weighted by molar-refractivity contribution is -0.385. The first-order valence-electron chi connectivity index (χ1n) is 8.24. The molecule has 9 heteroatoms. The van der Waals surface area contributed by atoms with Gasteiger partial charge in [-0.2, -0.15) is 0 Å². The van der Waals surface area contributed by atoms with Crippen LogP contribution in [0.1, 0.15) is 11.3 Å². The average Bonchev–Trinajstić information content (AvgIpc) is 2.97. The van der Waals surface area contributed by atoms with E-state index in [1.807, 2.05) is 0 Å². The first-order chi connectivity index (χ1) is 13.4. The van der Waals surface area contributed by atoms with Crippen molar-refractivity contribution in [3.63, 3.8) is 0 Å². The van der Waals surface area contributed by atoms with Gasteiger partial charge in [-0.1, -0.05) is 41.9 Å². The molecule has 0 spiro atoms. The Balaban J connectivity index is 2.17. The second-order valence-corrected chi connectivity index (χ2v) is 6.31. The molecule has 0 fully saturated rings. The van der Waals surface area contributed by atoms with Crippen LogP contribution in [0.3, 0.4) is 0 Å². The molecule has 144 valence electrons. The number of hydrogen-bond acceptors (Lipinski definition) is 5. The first-order valence-corrected chi connectivity index (χ1v) is 8.62. The van der Waals surface area contributed by atoms with Gasteiger partial charge in [0.25, 0.3) is 5.69 Å². The second-order valence-electron chi connectivity index (χ2n) is 5.95. The molecule has 0 saturated heterocycles. The molecule has 8 nitrogen and oxygen atoms in total. The number of nitro benzene ring substituents is 1. The van der Waals surface area contributed by atoms with Gasteiger partial charge in [0.2, 0.25) is 0 Å². The molecule has 3 rings (SSSR count). The molecule has 0 saturated carbocycles. The number of aliphatic carboxylic acids is 1. The number of nitrogens with zero attached hydrogens (tertiary/aromatic N) is 3. The van der Waals surface area contributed by atoms with Gasteiger partial charge in [0.05, 0.1) is 30.7 Å². The quantitative estimate of drug-likeness (QED) is 0.476. The molecule has 0 bridgehead atoms. The van der Waals surface area contributed by atoms with Crippen molar-refractivity contribution in [3.8, 4) is 17.1 Å². The lowest BCUT2D eigenvalue weighted by atomic mass is 10.1. The van der Waals surface area contributed by atoms with Crippen LogP contribution < -0.4 is 4.74 Å². The number of hydrogen-bond donors (Lipinski definition) is 1. The highest BCUT2D eigenvalue weighted by Gasteiger charge is 2.22. The first kappa shape index (κ1) is 19.4. The maximum absolute atomic E-state index is 11.4. The summed E-state index contributed by atoms with van der Waals surface area (Å²) in [5.74, 6) is -0.0882. The fourth-order valence-corrected chi connectivity index (χ4v) is 3.16. The molecule has 0 atom stereocenters. The van der Waals surface area contributed by atoms with Crippen molar-refractivity contribution in [1.29, 1.82) is 0 Å². The number of benzene rings is 2. The van der Waals surface area contributed by atoms with Gasteiger partial charge < -0.3 is 14.4 Å². The summed E-state index contributed by atoms with van der Waals surface area (Å²) in [4.78, 5) is 26.5. The van der Waals surface area contributed by atoms with Gasteiger partial charge in [-0.05, 0) is 12.1 Å². The van der Waals surface area contributed by atoms with E-state index in [0.29, 0.717) is 22.7 Å². The lowest BCUT2D eigenvalue weighted by Crippen LogP contribution is -2.12. The van der Waals surface area contributed by atoms with E-state index in [1.54, 1.807) is 47.0 Å². The normalized spacial score (nSPS) is 10.6. The summed E-state index contributed by atoms with van der Waals surface area (Å²) in [5.41, 5.74) is 1.27. The van der Waals surface area contributed by atoms with E-state index >= 15 is 0 Å². The third-order valence-corrected chi connectivity index (χ3v) is 4.49. The van der Waals surface area contributed by atoms with E-state index in [1.165, 1.54) is 13.2 Å². The van der Waals surface area contributed by atoms with Gasteiger partial charge in [-0.3, -0.25) is 14.9 Å². The van der Waals surface area contributed by atoms with Crippen LogP contribution in [0, 0.1) is 10.1 Å². The van der Waals surface area contributed by atoms with Crippen molar-refractivity contribution < 1.29 is 19.6 Å². The van der Waals surface area contributed by atoms with Gasteiger partial charge in [0.15, 0.2) is 5.15 Å². The van der Waals surface area contributed by atoms with E-state index in [0.717, 1.165) is 0 Å².